The van der Waals surface area contributed by atoms with Crippen LogP contribution in [0.25, 0.3) is 22.2 Å². The summed E-state index contributed by atoms with van der Waals surface area (Å²) in [6.45, 7) is 5.93. The van der Waals surface area contributed by atoms with E-state index in [0.717, 1.165) is 17.7 Å². The summed E-state index contributed by atoms with van der Waals surface area (Å²) in [5, 5.41) is 11.3. The molecule has 0 amide bonds. The molecule has 0 saturated carbocycles. The first-order chi connectivity index (χ1) is 14.4. The first kappa shape index (κ1) is 21.9. The Morgan fingerprint density at radius 1 is 1.07 bits per heavy atom. The van der Waals surface area contributed by atoms with Gasteiger partial charge in [0.15, 0.2) is 0 Å². The normalized spacial score (nSPS) is 14.3. The molecule has 3 aromatic rings. The van der Waals surface area contributed by atoms with Crippen LogP contribution in [-0.2, 0) is 16.6 Å². The lowest BCUT2D eigenvalue weighted by atomic mass is 9.94. The fraction of sp³-hybridized carbons (Fsp3) is 0.400. The second-order valence-electron chi connectivity index (χ2n) is 7.94. The van der Waals surface area contributed by atoms with Gasteiger partial charge in [0.1, 0.15) is 25.1 Å². The third-order valence-corrected chi connectivity index (χ3v) is 5.83. The van der Waals surface area contributed by atoms with Gasteiger partial charge in [-0.05, 0) is 47.9 Å². The predicted octanol–water partition coefficient (Wildman–Crippen LogP) is 4.81. The molecule has 0 aliphatic rings. The highest BCUT2D eigenvalue weighted by Crippen LogP contribution is 2.28. The average Bonchev–Trinajstić information content (AvgIpc) is 3.12. The van der Waals surface area contributed by atoms with Gasteiger partial charge in [0, 0.05) is 23.6 Å². The number of ether oxygens (including phenoxy) is 2. The highest BCUT2D eigenvalue weighted by Gasteiger charge is 2.21. The van der Waals surface area contributed by atoms with Gasteiger partial charge in [0.2, 0.25) is 0 Å². The Morgan fingerprint density at radius 2 is 1.77 bits per heavy atom. The van der Waals surface area contributed by atoms with Crippen molar-refractivity contribution in [3.05, 3.63) is 54.6 Å². The molecule has 1 N–H and O–H groups in total. The molecule has 0 aliphatic heterocycles. The van der Waals surface area contributed by atoms with E-state index in [1.807, 2.05) is 57.2 Å². The van der Waals surface area contributed by atoms with Gasteiger partial charge in [-0.25, -0.2) is 0 Å². The molecule has 2 aromatic carbocycles. The Balaban J connectivity index is 1.53. The van der Waals surface area contributed by atoms with E-state index in [9.17, 15) is 9.90 Å². The first-order valence-corrected chi connectivity index (χ1v) is 10.5. The molecule has 0 saturated heterocycles. The van der Waals surface area contributed by atoms with Crippen LogP contribution in [0.15, 0.2) is 54.6 Å². The summed E-state index contributed by atoms with van der Waals surface area (Å²) in [5.74, 6) is 0.467. The summed E-state index contributed by atoms with van der Waals surface area (Å²) >= 11 is 0. The lowest BCUT2D eigenvalue weighted by Gasteiger charge is -2.18. The molecule has 1 heterocycles. The summed E-state index contributed by atoms with van der Waals surface area (Å²) in [4.78, 5) is 12.0. The topological polar surface area (TPSA) is 60.7 Å². The monoisotopic (exact) mass is 409 g/mol. The van der Waals surface area contributed by atoms with E-state index in [1.54, 1.807) is 0 Å². The minimum Gasteiger partial charge on any atom is -0.491 e. The Morgan fingerprint density at radius 3 is 2.43 bits per heavy atom. The Hall–Kier alpha value is -2.79. The van der Waals surface area contributed by atoms with E-state index in [4.69, 9.17) is 9.47 Å². The van der Waals surface area contributed by atoms with Crippen LogP contribution >= 0.6 is 0 Å². The van der Waals surface area contributed by atoms with Crippen LogP contribution in [0.1, 0.15) is 27.2 Å². The number of aliphatic hydroxyl groups is 1. The lowest BCUT2D eigenvalue weighted by Crippen LogP contribution is -2.28. The van der Waals surface area contributed by atoms with E-state index in [1.165, 1.54) is 10.9 Å². The zero-order valence-electron chi connectivity index (χ0n) is 18.2. The summed E-state index contributed by atoms with van der Waals surface area (Å²) in [5.41, 5.74) is 3.41. The zero-order chi connectivity index (χ0) is 21.7. The second kappa shape index (κ2) is 9.81. The molecule has 0 radical (unpaired) electrons. The predicted molar refractivity (Wildman–Crippen MR) is 119 cm³/mol. The fourth-order valence-electron chi connectivity index (χ4n) is 3.42. The van der Waals surface area contributed by atoms with E-state index in [0.29, 0.717) is 5.75 Å². The van der Waals surface area contributed by atoms with Crippen LogP contribution in [-0.4, -0.2) is 35.0 Å². The highest BCUT2D eigenvalue weighted by atomic mass is 16.5. The van der Waals surface area contributed by atoms with Crippen molar-refractivity contribution in [2.45, 2.75) is 33.3 Å². The van der Waals surface area contributed by atoms with E-state index < -0.39 is 6.10 Å². The number of nitrogens with zero attached hydrogens (tertiary/aromatic N) is 1. The molecule has 0 spiro atoms. The van der Waals surface area contributed by atoms with E-state index in [2.05, 4.69) is 29.8 Å². The van der Waals surface area contributed by atoms with Crippen LogP contribution in [0.4, 0.5) is 0 Å². The van der Waals surface area contributed by atoms with Crippen LogP contribution < -0.4 is 4.74 Å². The maximum absolute atomic E-state index is 12.0. The third kappa shape index (κ3) is 5.03. The number of esters is 1. The van der Waals surface area contributed by atoms with E-state index in [-0.39, 0.29) is 31.0 Å². The van der Waals surface area contributed by atoms with Crippen LogP contribution in [0.2, 0.25) is 0 Å². The molecule has 30 heavy (non-hydrogen) atoms. The van der Waals surface area contributed by atoms with Crippen molar-refractivity contribution in [1.29, 1.82) is 0 Å². The van der Waals surface area contributed by atoms with Gasteiger partial charge >= 0.3 is 5.97 Å². The molecule has 3 atom stereocenters. The average molecular weight is 410 g/mol. The number of hydrogen-bond acceptors (Lipinski definition) is 4. The third-order valence-electron chi connectivity index (χ3n) is 5.83. The number of aryl methyl sites for hydroxylation is 1. The Labute approximate surface area is 178 Å². The maximum Gasteiger partial charge on any atom is 0.309 e. The molecule has 0 bridgehead atoms. The van der Waals surface area contributed by atoms with Gasteiger partial charge in [-0.3, -0.25) is 4.79 Å². The minimum atomic E-state index is -0.865. The van der Waals surface area contributed by atoms with Crippen LogP contribution in [0.5, 0.6) is 5.75 Å². The molecule has 3 rings (SSSR count). The Bertz CT molecular complexity index is 976. The molecule has 5 heteroatoms. The minimum absolute atomic E-state index is 0.0619. The second-order valence-corrected chi connectivity index (χ2v) is 7.94. The van der Waals surface area contributed by atoms with Gasteiger partial charge in [0.25, 0.3) is 0 Å². The lowest BCUT2D eigenvalue weighted by molar-refractivity contribution is -0.153. The number of carbonyl (C=O) groups excluding carboxylic acids is 1. The fourth-order valence-corrected chi connectivity index (χ4v) is 3.42. The summed E-state index contributed by atoms with van der Waals surface area (Å²) in [7, 11) is 2.06. The standard InChI is InChI=1S/C25H31NO4/c1-5-17(2)18(3)25(28)30-16-21(27)15-29-22-12-10-19(11-13-22)24-14-20-8-6-7-9-23(20)26(24)4/h6-14,17-18,21,27H,5,15-16H2,1-4H3. The van der Waals surface area contributed by atoms with Crippen molar-refractivity contribution in [3.63, 3.8) is 0 Å². The van der Waals surface area contributed by atoms with Gasteiger partial charge in [-0.1, -0.05) is 45.4 Å². The van der Waals surface area contributed by atoms with Crippen molar-refractivity contribution in [3.8, 4) is 17.0 Å². The van der Waals surface area contributed by atoms with Crippen molar-refractivity contribution in [2.24, 2.45) is 18.9 Å². The molecule has 5 nitrogen and oxygen atoms in total. The quantitative estimate of drug-likeness (QED) is 0.515. The number of hydrogen-bond donors (Lipinski definition) is 1. The largest absolute Gasteiger partial charge is 0.491 e. The van der Waals surface area contributed by atoms with Gasteiger partial charge in [-0.2, -0.15) is 0 Å². The van der Waals surface area contributed by atoms with Gasteiger partial charge in [-0.15, -0.1) is 0 Å². The molecule has 0 aliphatic carbocycles. The number of aromatic nitrogens is 1. The highest BCUT2D eigenvalue weighted by molar-refractivity contribution is 5.86. The first-order valence-electron chi connectivity index (χ1n) is 10.5. The molecule has 160 valence electrons. The molecule has 3 unspecified atom stereocenters. The van der Waals surface area contributed by atoms with Crippen molar-refractivity contribution in [2.75, 3.05) is 13.2 Å². The molecular formula is C25H31NO4. The summed E-state index contributed by atoms with van der Waals surface area (Å²) < 4.78 is 13.1. The number of rotatable bonds is 9. The molecular weight excluding hydrogens is 378 g/mol. The number of para-hydroxylation sites is 1. The molecule has 0 fully saturated rings. The van der Waals surface area contributed by atoms with Crippen molar-refractivity contribution < 1.29 is 19.4 Å². The number of carbonyl (C=O) groups is 1. The van der Waals surface area contributed by atoms with Crippen LogP contribution in [0, 0.1) is 11.8 Å². The van der Waals surface area contributed by atoms with Gasteiger partial charge < -0.3 is 19.1 Å². The SMILES string of the molecule is CCC(C)C(C)C(=O)OCC(O)COc1ccc(-c2cc3ccccc3n2C)cc1. The summed E-state index contributed by atoms with van der Waals surface area (Å²) in [6, 6.07) is 18.2. The Kier molecular flexibility index (Phi) is 7.16. The van der Waals surface area contributed by atoms with Crippen molar-refractivity contribution in [1.82, 2.24) is 4.57 Å². The number of benzene rings is 2. The van der Waals surface area contributed by atoms with E-state index >= 15 is 0 Å². The van der Waals surface area contributed by atoms with Crippen LogP contribution in [0.3, 0.4) is 0 Å². The maximum atomic E-state index is 12.0. The van der Waals surface area contributed by atoms with Gasteiger partial charge in [0.05, 0.1) is 5.92 Å². The summed E-state index contributed by atoms with van der Waals surface area (Å²) in [6.07, 6.45) is 0.0485. The number of aliphatic hydroxyl groups excluding tert-OH is 1. The zero-order valence-corrected chi connectivity index (χ0v) is 18.2. The smallest absolute Gasteiger partial charge is 0.309 e. The van der Waals surface area contributed by atoms with Crippen molar-refractivity contribution >= 4 is 16.9 Å². The number of fused-ring (bicyclic) bond motifs is 1. The molecule has 1 aromatic heterocycles.